The molecule has 0 bridgehead atoms. The summed E-state index contributed by atoms with van der Waals surface area (Å²) >= 11 is 0. The van der Waals surface area contributed by atoms with Crippen LogP contribution in [0.4, 0.5) is 0 Å². The minimum atomic E-state index is 0.726. The summed E-state index contributed by atoms with van der Waals surface area (Å²) in [7, 11) is 3.37. The number of hydrogen-bond acceptors (Lipinski definition) is 4. The third-order valence-electron chi connectivity index (χ3n) is 4.89. The van der Waals surface area contributed by atoms with Crippen LogP contribution in [0.3, 0.4) is 0 Å². The lowest BCUT2D eigenvalue weighted by Crippen LogP contribution is -2.55. The molecule has 21 heavy (non-hydrogen) atoms. The first-order valence-corrected chi connectivity index (χ1v) is 8.00. The van der Waals surface area contributed by atoms with Gasteiger partial charge in [-0.05, 0) is 37.0 Å². The maximum Gasteiger partial charge on any atom is 0.160 e. The van der Waals surface area contributed by atoms with E-state index in [0.717, 1.165) is 43.1 Å². The first-order chi connectivity index (χ1) is 10.3. The molecule has 2 aliphatic rings. The molecule has 1 saturated carbocycles. The van der Waals surface area contributed by atoms with Crippen molar-refractivity contribution < 1.29 is 9.47 Å². The van der Waals surface area contributed by atoms with Gasteiger partial charge in [-0.15, -0.1) is 0 Å². The number of rotatable bonds is 5. The standard InChI is InChI=1S/C17H26N2O2/c1-20-16-7-6-13(12-17(16)21-2)8-10-19-11-9-18-14-4-3-5-15(14)19/h6-7,12,14-15,18H,3-5,8-11H2,1-2H3/t14-,15-/m1/s1. The number of nitrogens with one attached hydrogen (secondary N) is 1. The van der Waals surface area contributed by atoms with Crippen LogP contribution in [0.5, 0.6) is 11.5 Å². The first kappa shape index (κ1) is 14.7. The molecular formula is C17H26N2O2. The van der Waals surface area contributed by atoms with E-state index in [2.05, 4.69) is 22.3 Å². The third-order valence-corrected chi connectivity index (χ3v) is 4.89. The number of ether oxygens (including phenoxy) is 2. The smallest absolute Gasteiger partial charge is 0.160 e. The van der Waals surface area contributed by atoms with E-state index >= 15 is 0 Å². The number of methoxy groups -OCH3 is 2. The molecule has 1 aromatic rings. The average molecular weight is 290 g/mol. The molecule has 116 valence electrons. The largest absolute Gasteiger partial charge is 0.493 e. The van der Waals surface area contributed by atoms with E-state index in [4.69, 9.17) is 9.47 Å². The number of benzene rings is 1. The molecule has 0 aromatic heterocycles. The SMILES string of the molecule is COc1ccc(CCN2CCN[C@@H]3CCC[C@H]32)cc1OC. The van der Waals surface area contributed by atoms with Crippen LogP contribution in [0.2, 0.25) is 0 Å². The third kappa shape index (κ3) is 3.16. The van der Waals surface area contributed by atoms with Gasteiger partial charge in [0.05, 0.1) is 14.2 Å². The molecule has 1 aliphatic carbocycles. The van der Waals surface area contributed by atoms with Crippen molar-refractivity contribution in [3.8, 4) is 11.5 Å². The average Bonchev–Trinajstić information content (AvgIpc) is 3.01. The van der Waals surface area contributed by atoms with Crippen molar-refractivity contribution in [1.82, 2.24) is 10.2 Å². The normalized spacial score (nSPS) is 25.6. The molecular weight excluding hydrogens is 264 g/mol. The van der Waals surface area contributed by atoms with E-state index in [9.17, 15) is 0 Å². The molecule has 4 heteroatoms. The van der Waals surface area contributed by atoms with Gasteiger partial charge in [-0.3, -0.25) is 4.90 Å². The molecule has 1 heterocycles. The van der Waals surface area contributed by atoms with Crippen LogP contribution in [0, 0.1) is 0 Å². The summed E-state index contributed by atoms with van der Waals surface area (Å²) in [5.74, 6) is 1.63. The van der Waals surface area contributed by atoms with Gasteiger partial charge in [0.1, 0.15) is 0 Å². The van der Waals surface area contributed by atoms with Crippen molar-refractivity contribution in [2.45, 2.75) is 37.8 Å². The van der Waals surface area contributed by atoms with Crippen molar-refractivity contribution in [3.05, 3.63) is 23.8 Å². The van der Waals surface area contributed by atoms with Gasteiger partial charge in [0, 0.05) is 31.7 Å². The Labute approximate surface area is 127 Å². The van der Waals surface area contributed by atoms with Crippen molar-refractivity contribution in [2.24, 2.45) is 0 Å². The molecule has 2 atom stereocenters. The van der Waals surface area contributed by atoms with Crippen LogP contribution in [0.1, 0.15) is 24.8 Å². The lowest BCUT2D eigenvalue weighted by Gasteiger charge is -2.38. The summed E-state index contributed by atoms with van der Waals surface area (Å²) in [6, 6.07) is 7.73. The van der Waals surface area contributed by atoms with E-state index in [1.54, 1.807) is 14.2 Å². The molecule has 1 N–H and O–H groups in total. The second-order valence-corrected chi connectivity index (χ2v) is 6.03. The van der Waals surface area contributed by atoms with Gasteiger partial charge in [0.25, 0.3) is 0 Å². The van der Waals surface area contributed by atoms with E-state index in [-0.39, 0.29) is 0 Å². The fourth-order valence-electron chi connectivity index (χ4n) is 3.76. The van der Waals surface area contributed by atoms with Crippen LogP contribution in [0.25, 0.3) is 0 Å². The molecule has 1 aliphatic heterocycles. The molecule has 0 spiro atoms. The summed E-state index contributed by atoms with van der Waals surface area (Å²) in [5.41, 5.74) is 1.32. The summed E-state index contributed by atoms with van der Waals surface area (Å²) < 4.78 is 10.7. The maximum atomic E-state index is 5.39. The number of fused-ring (bicyclic) bond motifs is 1. The van der Waals surface area contributed by atoms with Gasteiger partial charge in [-0.1, -0.05) is 12.5 Å². The van der Waals surface area contributed by atoms with Crippen LogP contribution >= 0.6 is 0 Å². The highest BCUT2D eigenvalue weighted by atomic mass is 16.5. The lowest BCUT2D eigenvalue weighted by atomic mass is 10.1. The van der Waals surface area contributed by atoms with Gasteiger partial charge in [-0.2, -0.15) is 0 Å². The second-order valence-electron chi connectivity index (χ2n) is 6.03. The highest BCUT2D eigenvalue weighted by molar-refractivity contribution is 5.42. The van der Waals surface area contributed by atoms with Gasteiger partial charge in [0.2, 0.25) is 0 Å². The van der Waals surface area contributed by atoms with Gasteiger partial charge >= 0.3 is 0 Å². The van der Waals surface area contributed by atoms with E-state index in [0.29, 0.717) is 0 Å². The molecule has 3 rings (SSSR count). The first-order valence-electron chi connectivity index (χ1n) is 8.00. The predicted molar refractivity (Wildman–Crippen MR) is 84.3 cm³/mol. The predicted octanol–water partition coefficient (Wildman–Crippen LogP) is 2.07. The van der Waals surface area contributed by atoms with Gasteiger partial charge in [0.15, 0.2) is 11.5 Å². The molecule has 0 amide bonds. The highest BCUT2D eigenvalue weighted by Gasteiger charge is 2.34. The van der Waals surface area contributed by atoms with E-state index < -0.39 is 0 Å². The minimum absolute atomic E-state index is 0.726. The molecule has 2 fully saturated rings. The van der Waals surface area contributed by atoms with Crippen molar-refractivity contribution in [3.63, 3.8) is 0 Å². The minimum Gasteiger partial charge on any atom is -0.493 e. The van der Waals surface area contributed by atoms with Crippen molar-refractivity contribution in [2.75, 3.05) is 33.9 Å². The molecule has 1 saturated heterocycles. The Bertz CT molecular complexity index is 478. The van der Waals surface area contributed by atoms with Crippen molar-refractivity contribution >= 4 is 0 Å². The topological polar surface area (TPSA) is 33.7 Å². The quantitative estimate of drug-likeness (QED) is 0.900. The zero-order chi connectivity index (χ0) is 14.7. The fourth-order valence-corrected chi connectivity index (χ4v) is 3.76. The molecule has 0 radical (unpaired) electrons. The highest BCUT2D eigenvalue weighted by Crippen LogP contribution is 2.29. The maximum absolute atomic E-state index is 5.39. The zero-order valence-electron chi connectivity index (χ0n) is 13.1. The molecule has 0 unspecified atom stereocenters. The Morgan fingerprint density at radius 3 is 2.86 bits per heavy atom. The van der Waals surface area contributed by atoms with E-state index in [1.807, 2.05) is 6.07 Å². The number of piperazine rings is 1. The van der Waals surface area contributed by atoms with Crippen molar-refractivity contribution in [1.29, 1.82) is 0 Å². The Hall–Kier alpha value is -1.26. The number of hydrogen-bond donors (Lipinski definition) is 1. The Morgan fingerprint density at radius 1 is 1.19 bits per heavy atom. The Morgan fingerprint density at radius 2 is 2.05 bits per heavy atom. The van der Waals surface area contributed by atoms with Gasteiger partial charge < -0.3 is 14.8 Å². The Balaban J connectivity index is 1.62. The zero-order valence-corrected chi connectivity index (χ0v) is 13.1. The second kappa shape index (κ2) is 6.67. The molecule has 4 nitrogen and oxygen atoms in total. The lowest BCUT2D eigenvalue weighted by molar-refractivity contribution is 0.138. The monoisotopic (exact) mass is 290 g/mol. The van der Waals surface area contributed by atoms with Gasteiger partial charge in [-0.25, -0.2) is 0 Å². The van der Waals surface area contributed by atoms with Crippen LogP contribution in [0.15, 0.2) is 18.2 Å². The van der Waals surface area contributed by atoms with E-state index in [1.165, 1.54) is 31.4 Å². The molecule has 1 aromatic carbocycles. The fraction of sp³-hybridized carbons (Fsp3) is 0.647. The van der Waals surface area contributed by atoms with Crippen LogP contribution < -0.4 is 14.8 Å². The van der Waals surface area contributed by atoms with Crippen LogP contribution in [-0.2, 0) is 6.42 Å². The Kier molecular flexibility index (Phi) is 4.66. The summed E-state index contributed by atoms with van der Waals surface area (Å²) in [6.45, 7) is 3.44. The summed E-state index contributed by atoms with van der Waals surface area (Å²) in [5, 5.41) is 3.66. The summed E-state index contributed by atoms with van der Waals surface area (Å²) in [4.78, 5) is 2.67. The van der Waals surface area contributed by atoms with Crippen LogP contribution in [-0.4, -0.2) is 50.8 Å². The summed E-state index contributed by atoms with van der Waals surface area (Å²) in [6.07, 6.45) is 5.14. The number of nitrogens with zero attached hydrogens (tertiary/aromatic N) is 1.